The maximum atomic E-state index is 14.6. The lowest BCUT2D eigenvalue weighted by atomic mass is 9.85. The smallest absolute Gasteiger partial charge is 0.326 e. The zero-order valence-electron chi connectivity index (χ0n) is 19.7. The molecule has 0 bridgehead atoms. The van der Waals surface area contributed by atoms with Gasteiger partial charge in [0.05, 0.1) is 12.1 Å². The molecule has 3 rings (SSSR count). The third kappa shape index (κ3) is 4.36. The first-order chi connectivity index (χ1) is 15.7. The Morgan fingerprint density at radius 2 is 1.53 bits per heavy atom. The molecule has 34 heavy (non-hydrogen) atoms. The summed E-state index contributed by atoms with van der Waals surface area (Å²) in [7, 11) is 0. The number of nitrogens with one attached hydrogen (secondary N) is 1. The molecule has 180 valence electrons. The van der Waals surface area contributed by atoms with Gasteiger partial charge in [-0.15, -0.1) is 0 Å². The predicted octanol–water partition coefficient (Wildman–Crippen LogP) is 4.92. The van der Waals surface area contributed by atoms with Gasteiger partial charge in [-0.3, -0.25) is 14.4 Å². The Hall–Kier alpha value is -3.42. The van der Waals surface area contributed by atoms with Gasteiger partial charge in [-0.1, -0.05) is 63.2 Å². The molecule has 8 heteroatoms. The molecule has 1 N–H and O–H groups in total. The normalized spacial score (nSPS) is 18.9. The molecular weight excluding hydrogens is 445 g/mol. The van der Waals surface area contributed by atoms with Crippen LogP contribution in [0.3, 0.4) is 0 Å². The standard InChI is InChI=1S/C26H27F3N2O3/c1-16-21(17(2)32)25(26(27,28)29,23(34)31(16)15-18-9-7-6-8-10-18)30-22(33)19-11-13-20(14-12-19)24(3,4)5/h6-14H,15H2,1-5H3,(H,30,33)/t25-/m0/s1. The van der Waals surface area contributed by atoms with E-state index >= 15 is 0 Å². The molecule has 0 aromatic heterocycles. The average Bonchev–Trinajstić information content (AvgIpc) is 2.96. The highest BCUT2D eigenvalue weighted by atomic mass is 19.4. The SMILES string of the molecule is CC(=O)C1=C(C)N(Cc2ccccc2)C(=O)[C@]1(NC(=O)c1ccc(C(C)(C)C)cc1)C(F)(F)F. The number of nitrogens with zero attached hydrogens (tertiary/aromatic N) is 1. The quantitative estimate of drug-likeness (QED) is 0.672. The summed E-state index contributed by atoms with van der Waals surface area (Å²) in [5.41, 5.74) is -3.18. The van der Waals surface area contributed by atoms with E-state index in [1.165, 1.54) is 19.1 Å². The van der Waals surface area contributed by atoms with Crippen molar-refractivity contribution < 1.29 is 27.6 Å². The molecule has 2 amide bonds. The topological polar surface area (TPSA) is 66.5 Å². The van der Waals surface area contributed by atoms with E-state index in [1.807, 2.05) is 26.1 Å². The minimum atomic E-state index is -5.25. The Morgan fingerprint density at radius 1 is 0.971 bits per heavy atom. The second-order valence-electron chi connectivity index (χ2n) is 9.42. The fourth-order valence-corrected chi connectivity index (χ4v) is 4.16. The maximum absolute atomic E-state index is 14.6. The summed E-state index contributed by atoms with van der Waals surface area (Å²) in [5.74, 6) is -3.45. The number of carbonyl (C=O) groups excluding carboxylic acids is 3. The van der Waals surface area contributed by atoms with E-state index in [0.29, 0.717) is 5.56 Å². The molecule has 1 atom stereocenters. The number of carbonyl (C=O) groups is 3. The second kappa shape index (κ2) is 8.74. The van der Waals surface area contributed by atoms with Crippen molar-refractivity contribution in [3.05, 3.63) is 82.6 Å². The zero-order chi connectivity index (χ0) is 25.5. The maximum Gasteiger partial charge on any atom is 0.425 e. The molecule has 5 nitrogen and oxygen atoms in total. The number of alkyl halides is 3. The van der Waals surface area contributed by atoms with Crippen LogP contribution in [-0.2, 0) is 21.5 Å². The molecule has 0 spiro atoms. The van der Waals surface area contributed by atoms with Crippen LogP contribution in [0.1, 0.15) is 56.1 Å². The first-order valence-electron chi connectivity index (χ1n) is 10.8. The molecule has 1 aliphatic heterocycles. The largest absolute Gasteiger partial charge is 0.425 e. The Labute approximate surface area is 196 Å². The van der Waals surface area contributed by atoms with Crippen LogP contribution >= 0.6 is 0 Å². The lowest BCUT2D eigenvalue weighted by Crippen LogP contribution is -2.66. The molecule has 2 aromatic rings. The van der Waals surface area contributed by atoms with Crippen LogP contribution in [-0.4, -0.2) is 34.2 Å². The minimum absolute atomic E-state index is 0.0495. The molecular formula is C26H27F3N2O3. The summed E-state index contributed by atoms with van der Waals surface area (Å²) in [6, 6.07) is 14.6. The van der Waals surface area contributed by atoms with Crippen molar-refractivity contribution in [2.45, 2.75) is 58.3 Å². The Morgan fingerprint density at radius 3 is 2.00 bits per heavy atom. The number of Topliss-reactive ketones (excluding diaryl/α,β-unsaturated/α-hetero) is 1. The molecule has 1 aliphatic rings. The van der Waals surface area contributed by atoms with E-state index in [9.17, 15) is 27.6 Å². The van der Waals surface area contributed by atoms with E-state index in [1.54, 1.807) is 42.5 Å². The summed E-state index contributed by atoms with van der Waals surface area (Å²) in [5, 5.41) is 1.90. The van der Waals surface area contributed by atoms with Crippen LogP contribution in [0.4, 0.5) is 13.2 Å². The van der Waals surface area contributed by atoms with Gasteiger partial charge in [0.1, 0.15) is 0 Å². The van der Waals surface area contributed by atoms with E-state index in [-0.39, 0.29) is 23.2 Å². The molecule has 0 aliphatic carbocycles. The highest BCUT2D eigenvalue weighted by Crippen LogP contribution is 2.45. The fraction of sp³-hybridized carbons (Fsp3) is 0.346. The molecule has 0 unspecified atom stereocenters. The summed E-state index contributed by atoms with van der Waals surface area (Å²) in [4.78, 5) is 39.7. The van der Waals surface area contributed by atoms with Crippen molar-refractivity contribution in [2.24, 2.45) is 0 Å². The number of hydrogen-bond donors (Lipinski definition) is 1. The summed E-state index contributed by atoms with van der Waals surface area (Å²) < 4.78 is 43.8. The number of hydrogen-bond acceptors (Lipinski definition) is 3. The number of halogens is 3. The van der Waals surface area contributed by atoms with Crippen molar-refractivity contribution in [3.63, 3.8) is 0 Å². The van der Waals surface area contributed by atoms with Gasteiger partial charge in [-0.25, -0.2) is 0 Å². The van der Waals surface area contributed by atoms with Gasteiger partial charge in [0, 0.05) is 11.3 Å². The Kier molecular flexibility index (Phi) is 6.48. The predicted molar refractivity (Wildman–Crippen MR) is 122 cm³/mol. The zero-order valence-corrected chi connectivity index (χ0v) is 19.7. The Balaban J connectivity index is 2.06. The van der Waals surface area contributed by atoms with Gasteiger partial charge in [-0.05, 0) is 42.5 Å². The fourth-order valence-electron chi connectivity index (χ4n) is 4.16. The molecule has 2 aromatic carbocycles. The van der Waals surface area contributed by atoms with Crippen molar-refractivity contribution in [1.29, 1.82) is 0 Å². The summed E-state index contributed by atoms with van der Waals surface area (Å²) in [6.45, 7) is 7.97. The monoisotopic (exact) mass is 472 g/mol. The van der Waals surface area contributed by atoms with Crippen LogP contribution in [0.5, 0.6) is 0 Å². The Bertz CT molecular complexity index is 1150. The van der Waals surface area contributed by atoms with Crippen molar-refractivity contribution >= 4 is 17.6 Å². The molecule has 1 heterocycles. The van der Waals surface area contributed by atoms with E-state index in [2.05, 4.69) is 0 Å². The van der Waals surface area contributed by atoms with Gasteiger partial charge in [-0.2, -0.15) is 13.2 Å². The van der Waals surface area contributed by atoms with Crippen LogP contribution in [0, 0.1) is 0 Å². The van der Waals surface area contributed by atoms with Crippen LogP contribution in [0.25, 0.3) is 0 Å². The van der Waals surface area contributed by atoms with Gasteiger partial charge < -0.3 is 10.2 Å². The van der Waals surface area contributed by atoms with E-state index in [0.717, 1.165) is 17.4 Å². The van der Waals surface area contributed by atoms with Crippen LogP contribution in [0.2, 0.25) is 0 Å². The van der Waals surface area contributed by atoms with Crippen molar-refractivity contribution in [1.82, 2.24) is 10.2 Å². The summed E-state index contributed by atoms with van der Waals surface area (Å²) >= 11 is 0. The van der Waals surface area contributed by atoms with Crippen molar-refractivity contribution in [2.75, 3.05) is 0 Å². The number of benzene rings is 2. The lowest BCUT2D eigenvalue weighted by molar-refractivity contribution is -0.190. The molecule has 0 fully saturated rings. The van der Waals surface area contributed by atoms with Gasteiger partial charge in [0.15, 0.2) is 5.78 Å². The van der Waals surface area contributed by atoms with Gasteiger partial charge >= 0.3 is 6.18 Å². The van der Waals surface area contributed by atoms with Crippen molar-refractivity contribution in [3.8, 4) is 0 Å². The minimum Gasteiger partial charge on any atom is -0.326 e. The molecule has 0 saturated carbocycles. The first-order valence-corrected chi connectivity index (χ1v) is 10.8. The highest BCUT2D eigenvalue weighted by Gasteiger charge is 2.69. The van der Waals surface area contributed by atoms with Gasteiger partial charge in [0.2, 0.25) is 5.54 Å². The highest BCUT2D eigenvalue weighted by molar-refractivity contribution is 6.13. The third-order valence-electron chi connectivity index (χ3n) is 5.98. The van der Waals surface area contributed by atoms with Gasteiger partial charge in [0.25, 0.3) is 11.8 Å². The number of rotatable bonds is 5. The van der Waals surface area contributed by atoms with E-state index < -0.39 is 34.9 Å². The lowest BCUT2D eigenvalue weighted by Gasteiger charge is -2.33. The van der Waals surface area contributed by atoms with Crippen LogP contribution in [0.15, 0.2) is 65.9 Å². The number of amides is 2. The molecule has 0 saturated heterocycles. The third-order valence-corrected chi connectivity index (χ3v) is 5.98. The number of allylic oxidation sites excluding steroid dienone is 1. The van der Waals surface area contributed by atoms with Crippen LogP contribution < -0.4 is 5.32 Å². The molecule has 0 radical (unpaired) electrons. The van der Waals surface area contributed by atoms with E-state index in [4.69, 9.17) is 0 Å². The first kappa shape index (κ1) is 25.2. The second-order valence-corrected chi connectivity index (χ2v) is 9.42. The average molecular weight is 473 g/mol. The number of ketones is 1. The summed E-state index contributed by atoms with van der Waals surface area (Å²) in [6.07, 6.45) is -5.25.